The van der Waals surface area contributed by atoms with Crippen LogP contribution in [0, 0.1) is 11.8 Å². The zero-order valence-corrected chi connectivity index (χ0v) is 28.4. The number of ether oxygens (including phenoxy) is 1. The Hall–Kier alpha value is -4.08. The molecule has 3 saturated heterocycles. The van der Waals surface area contributed by atoms with Gasteiger partial charge in [0.2, 0.25) is 11.8 Å². The van der Waals surface area contributed by atoms with E-state index in [1.54, 1.807) is 38.6 Å². The van der Waals surface area contributed by atoms with Crippen LogP contribution in [0.4, 0.5) is 11.4 Å². The van der Waals surface area contributed by atoms with Gasteiger partial charge in [0.15, 0.2) is 0 Å². The predicted molar refractivity (Wildman–Crippen MR) is 193 cm³/mol. The third-order valence-corrected chi connectivity index (χ3v) is 12.0. The number of nitrogens with zero attached hydrogens (tertiary/aromatic N) is 3. The lowest BCUT2D eigenvalue weighted by Crippen LogP contribution is -2.55. The summed E-state index contributed by atoms with van der Waals surface area (Å²) in [6.07, 6.45) is 6.91. The fourth-order valence-corrected chi connectivity index (χ4v) is 10.2. The molecule has 9 heteroatoms. The van der Waals surface area contributed by atoms with Crippen LogP contribution >= 0.6 is 11.8 Å². The van der Waals surface area contributed by atoms with Crippen LogP contribution in [0.3, 0.4) is 0 Å². The average molecular weight is 668 g/mol. The Morgan fingerprint density at radius 3 is 2.33 bits per heavy atom. The number of aliphatic hydroxyl groups excluding tert-OH is 1. The van der Waals surface area contributed by atoms with E-state index < -0.39 is 22.6 Å². The van der Waals surface area contributed by atoms with Crippen LogP contribution < -0.4 is 14.5 Å². The Kier molecular flexibility index (Phi) is 10.3. The molecule has 3 fully saturated rings. The fourth-order valence-electron chi connectivity index (χ4n) is 7.99. The summed E-state index contributed by atoms with van der Waals surface area (Å²) in [5.74, 6) is -0.818. The monoisotopic (exact) mass is 667 g/mol. The molecule has 2 bridgehead atoms. The van der Waals surface area contributed by atoms with E-state index in [1.807, 2.05) is 73.7 Å². The lowest BCUT2D eigenvalue weighted by Gasteiger charge is -2.37. The highest BCUT2D eigenvalue weighted by Crippen LogP contribution is 2.67. The molecule has 1 spiro atoms. The zero-order valence-electron chi connectivity index (χ0n) is 27.6. The molecule has 2 unspecified atom stereocenters. The minimum atomic E-state index is -0.721. The molecule has 1 N–H and O–H groups in total. The summed E-state index contributed by atoms with van der Waals surface area (Å²) in [6.45, 7) is 11.4. The predicted octanol–water partition coefficient (Wildman–Crippen LogP) is 6.23. The van der Waals surface area contributed by atoms with Gasteiger partial charge >= 0.3 is 0 Å². The molecule has 3 aromatic rings. The normalized spacial score (nSPS) is 24.0. The van der Waals surface area contributed by atoms with Gasteiger partial charge in [-0.15, -0.1) is 24.9 Å². The van der Waals surface area contributed by atoms with Crippen LogP contribution in [0.5, 0.6) is 5.75 Å². The molecule has 0 aliphatic carbocycles. The summed E-state index contributed by atoms with van der Waals surface area (Å²) in [6, 6.07) is 20.8. The number of benzene rings is 3. The van der Waals surface area contributed by atoms with E-state index in [0.717, 1.165) is 40.7 Å². The van der Waals surface area contributed by atoms with Gasteiger partial charge in [-0.3, -0.25) is 14.4 Å². The first-order chi connectivity index (χ1) is 23.4. The minimum absolute atomic E-state index is 0.0678. The topological polar surface area (TPSA) is 90.4 Å². The molecule has 3 heterocycles. The highest BCUT2D eigenvalue weighted by Gasteiger charge is 2.74. The first kappa shape index (κ1) is 33.8. The van der Waals surface area contributed by atoms with E-state index in [2.05, 4.69) is 13.2 Å². The van der Waals surface area contributed by atoms with Crippen LogP contribution in [0.2, 0.25) is 0 Å². The van der Waals surface area contributed by atoms with Crippen molar-refractivity contribution < 1.29 is 24.2 Å². The maximum Gasteiger partial charge on any atom is 0.251 e. The van der Waals surface area contributed by atoms with Crippen molar-refractivity contribution in [2.45, 2.75) is 55.1 Å². The second-order valence-electron chi connectivity index (χ2n) is 12.8. The summed E-state index contributed by atoms with van der Waals surface area (Å²) in [5, 5.41) is 11.5. The number of rotatable bonds is 15. The number of hydrogen-bond donors (Lipinski definition) is 1. The molecule has 0 radical (unpaired) electrons. The van der Waals surface area contributed by atoms with Gasteiger partial charge in [0.25, 0.3) is 5.91 Å². The van der Waals surface area contributed by atoms with Crippen LogP contribution in [0.1, 0.15) is 39.0 Å². The van der Waals surface area contributed by atoms with Crippen LogP contribution in [0.25, 0.3) is 10.8 Å². The van der Waals surface area contributed by atoms with E-state index in [9.17, 15) is 19.5 Å². The summed E-state index contributed by atoms with van der Waals surface area (Å²) >= 11 is 1.68. The highest BCUT2D eigenvalue weighted by atomic mass is 32.2. The molecule has 48 heavy (non-hydrogen) atoms. The number of carbonyl (C=O) groups is 3. The zero-order chi connectivity index (χ0) is 33.8. The molecule has 6 rings (SSSR count). The van der Waals surface area contributed by atoms with Gasteiger partial charge in [-0.2, -0.15) is 0 Å². The van der Waals surface area contributed by atoms with Crippen LogP contribution in [-0.4, -0.2) is 76.6 Å². The number of thioether (sulfide) groups is 1. The number of amides is 3. The molecule has 3 aromatic carbocycles. The lowest BCUT2D eigenvalue weighted by molar-refractivity contribution is -0.139. The van der Waals surface area contributed by atoms with Gasteiger partial charge < -0.3 is 24.5 Å². The third-order valence-electron chi connectivity index (χ3n) is 10.0. The quantitative estimate of drug-likeness (QED) is 0.153. The van der Waals surface area contributed by atoms with Gasteiger partial charge in [-0.05, 0) is 86.2 Å². The average Bonchev–Trinajstić information content (AvgIpc) is 3.75. The van der Waals surface area contributed by atoms with Crippen molar-refractivity contribution in [3.63, 3.8) is 0 Å². The maximum absolute atomic E-state index is 15.0. The Morgan fingerprint density at radius 1 is 0.958 bits per heavy atom. The van der Waals surface area contributed by atoms with E-state index in [0.29, 0.717) is 45.5 Å². The van der Waals surface area contributed by atoms with Gasteiger partial charge in [-0.1, -0.05) is 42.5 Å². The minimum Gasteiger partial charge on any atom is -0.494 e. The summed E-state index contributed by atoms with van der Waals surface area (Å²) in [4.78, 5) is 49.5. The van der Waals surface area contributed by atoms with Crippen molar-refractivity contribution in [3.8, 4) is 5.75 Å². The number of likely N-dealkylation sites (tertiary alicyclic amines) is 1. The largest absolute Gasteiger partial charge is 0.494 e. The molecule has 0 aromatic heterocycles. The van der Waals surface area contributed by atoms with Crippen molar-refractivity contribution in [1.82, 2.24) is 4.90 Å². The van der Waals surface area contributed by atoms with Crippen molar-refractivity contribution in [2.24, 2.45) is 11.8 Å². The summed E-state index contributed by atoms with van der Waals surface area (Å²) in [7, 11) is 0. The number of aliphatic hydroxyl groups is 1. The Balaban J connectivity index is 1.37. The van der Waals surface area contributed by atoms with E-state index in [4.69, 9.17) is 4.74 Å². The molecule has 3 aliphatic rings. The second kappa shape index (κ2) is 14.6. The molecule has 3 aliphatic heterocycles. The van der Waals surface area contributed by atoms with Gasteiger partial charge in [-0.25, -0.2) is 0 Å². The molecular formula is C39H45N3O5S. The first-order valence-corrected chi connectivity index (χ1v) is 17.9. The van der Waals surface area contributed by atoms with Gasteiger partial charge in [0.05, 0.1) is 23.2 Å². The fraction of sp³-hybridized carbons (Fsp3) is 0.410. The number of hydrogen-bond acceptors (Lipinski definition) is 6. The van der Waals surface area contributed by atoms with E-state index in [-0.39, 0.29) is 29.6 Å². The summed E-state index contributed by atoms with van der Waals surface area (Å²) in [5.41, 5.74) is 1.47. The highest BCUT2D eigenvalue weighted by molar-refractivity contribution is 8.02. The molecule has 3 amide bonds. The number of carbonyl (C=O) groups excluding carboxylic acids is 3. The second-order valence-corrected chi connectivity index (χ2v) is 14.4. The maximum atomic E-state index is 15.0. The van der Waals surface area contributed by atoms with Gasteiger partial charge in [0.1, 0.15) is 11.8 Å². The molecule has 0 saturated carbocycles. The van der Waals surface area contributed by atoms with Crippen molar-refractivity contribution in [3.05, 3.63) is 92.0 Å². The molecular weight excluding hydrogens is 623 g/mol. The van der Waals surface area contributed by atoms with Crippen molar-refractivity contribution in [2.75, 3.05) is 42.6 Å². The number of unbranched alkanes of at least 4 members (excludes halogenated alkanes) is 2. The SMILES string of the molecule is C=CCN(C(=O)C1N(CCCCCO)C(=O)[C@@H]2[C@H](C(=O)N(CC=C)c3ccc(OCC)cc3)[C@@H]3CCC12S3)c1ccc2ccccc2c1. The van der Waals surface area contributed by atoms with Gasteiger partial charge in [0, 0.05) is 42.9 Å². The Bertz CT molecular complexity index is 1680. The van der Waals surface area contributed by atoms with Crippen LogP contribution in [-0.2, 0) is 14.4 Å². The third kappa shape index (κ3) is 6.03. The molecule has 5 atom stereocenters. The van der Waals surface area contributed by atoms with E-state index in [1.165, 1.54) is 0 Å². The standard InChI is InChI=1S/C39H45N3O5S/c1-4-22-40(29-16-18-31(19-17-29)47-6-3)36(44)33-32-20-21-39(48-32)34(33)37(45)42(24-10-7-11-25-43)35(39)38(46)41(23-5-2)30-15-14-27-12-8-9-13-28(27)26-30/h4-5,8-9,12-19,26,32-35,43H,1-2,6-7,10-11,20-25H2,3H3/t32-,33+,34-,35?,39?/m0/s1. The number of anilines is 2. The molecule has 252 valence electrons. The Morgan fingerprint density at radius 2 is 1.65 bits per heavy atom. The molecule has 8 nitrogen and oxygen atoms in total. The number of fused-ring (bicyclic) bond motifs is 2. The first-order valence-electron chi connectivity index (χ1n) is 17.0. The Labute approximate surface area is 287 Å². The smallest absolute Gasteiger partial charge is 0.251 e. The lowest BCUT2D eigenvalue weighted by atomic mass is 9.70. The summed E-state index contributed by atoms with van der Waals surface area (Å²) < 4.78 is 4.90. The van der Waals surface area contributed by atoms with Crippen molar-refractivity contribution in [1.29, 1.82) is 0 Å². The van der Waals surface area contributed by atoms with E-state index >= 15 is 0 Å². The van der Waals surface area contributed by atoms with Crippen LogP contribution in [0.15, 0.2) is 92.0 Å². The van der Waals surface area contributed by atoms with Crippen molar-refractivity contribution >= 4 is 51.6 Å².